The van der Waals surface area contributed by atoms with E-state index < -0.39 is 16.1 Å². The highest BCUT2D eigenvalue weighted by atomic mass is 32.2. The lowest BCUT2D eigenvalue weighted by Gasteiger charge is -2.12. The molecule has 0 saturated carbocycles. The molecule has 8 heteroatoms. The zero-order valence-corrected chi connectivity index (χ0v) is 10.5. The Balaban J connectivity index is 2.26. The minimum Gasteiger partial charge on any atom is -0.396 e. The Bertz CT molecular complexity index is 623. The Morgan fingerprint density at radius 1 is 1.39 bits per heavy atom. The fourth-order valence-corrected chi connectivity index (χ4v) is 2.75. The van der Waals surface area contributed by atoms with Crippen molar-refractivity contribution < 1.29 is 8.42 Å². The predicted molar refractivity (Wildman–Crippen MR) is 66.0 cm³/mol. The van der Waals surface area contributed by atoms with Gasteiger partial charge < -0.3 is 10.7 Å². The van der Waals surface area contributed by atoms with E-state index in [-0.39, 0.29) is 10.7 Å². The molecule has 2 heterocycles. The van der Waals surface area contributed by atoms with Gasteiger partial charge in [-0.1, -0.05) is 0 Å². The van der Waals surface area contributed by atoms with Gasteiger partial charge in [-0.05, 0) is 19.1 Å². The summed E-state index contributed by atoms with van der Waals surface area (Å²) in [6.45, 7) is 1.68. The van der Waals surface area contributed by atoms with Crippen LogP contribution < -0.4 is 10.5 Å². The third kappa shape index (κ3) is 2.49. The largest absolute Gasteiger partial charge is 0.396 e. The number of pyridine rings is 1. The van der Waals surface area contributed by atoms with Crippen molar-refractivity contribution in [3.8, 4) is 0 Å². The van der Waals surface area contributed by atoms with E-state index in [1.54, 1.807) is 25.4 Å². The first-order valence-electron chi connectivity index (χ1n) is 5.23. The van der Waals surface area contributed by atoms with Crippen molar-refractivity contribution in [1.29, 1.82) is 0 Å². The van der Waals surface area contributed by atoms with Gasteiger partial charge in [0.25, 0.3) is 10.0 Å². The molecule has 2 rings (SSSR count). The molecule has 0 aliphatic rings. The molecule has 2 aromatic heterocycles. The maximum atomic E-state index is 12.1. The summed E-state index contributed by atoms with van der Waals surface area (Å²) in [6, 6.07) is 2.56. The molecule has 96 valence electrons. The first-order chi connectivity index (χ1) is 8.50. The Morgan fingerprint density at radius 2 is 2.17 bits per heavy atom. The second-order valence-electron chi connectivity index (χ2n) is 3.72. The maximum Gasteiger partial charge on any atom is 0.260 e. The van der Waals surface area contributed by atoms with Gasteiger partial charge in [0.15, 0.2) is 5.03 Å². The van der Waals surface area contributed by atoms with Crippen molar-refractivity contribution in [1.82, 2.24) is 19.7 Å². The number of aromatic amines is 1. The third-order valence-electron chi connectivity index (χ3n) is 2.32. The molecule has 1 atom stereocenters. The number of H-pyrrole nitrogens is 1. The van der Waals surface area contributed by atoms with Gasteiger partial charge in [-0.25, -0.2) is 18.4 Å². The molecule has 0 aliphatic heterocycles. The number of aromatic nitrogens is 3. The summed E-state index contributed by atoms with van der Waals surface area (Å²) >= 11 is 0. The first-order valence-corrected chi connectivity index (χ1v) is 6.71. The summed E-state index contributed by atoms with van der Waals surface area (Å²) in [7, 11) is -3.76. The predicted octanol–water partition coefficient (Wildman–Crippen LogP) is 0.426. The fraction of sp³-hybridized carbons (Fsp3) is 0.200. The summed E-state index contributed by atoms with van der Waals surface area (Å²) in [5.41, 5.74) is 5.70. The average molecular weight is 267 g/mol. The maximum absolute atomic E-state index is 12.1. The molecule has 0 spiro atoms. The van der Waals surface area contributed by atoms with E-state index in [9.17, 15) is 8.42 Å². The van der Waals surface area contributed by atoms with Crippen molar-refractivity contribution in [3.05, 3.63) is 36.5 Å². The molecule has 0 fully saturated rings. The van der Waals surface area contributed by atoms with Gasteiger partial charge in [-0.3, -0.25) is 0 Å². The topological polar surface area (TPSA) is 114 Å². The van der Waals surface area contributed by atoms with Crippen LogP contribution in [0.25, 0.3) is 0 Å². The monoisotopic (exact) mass is 267 g/mol. The van der Waals surface area contributed by atoms with Crippen LogP contribution in [0.1, 0.15) is 18.8 Å². The minimum absolute atomic E-state index is 0.108. The average Bonchev–Trinajstić information content (AvgIpc) is 2.82. The fourth-order valence-electron chi connectivity index (χ4n) is 1.49. The summed E-state index contributed by atoms with van der Waals surface area (Å²) in [5, 5.41) is -0.177. The molecule has 2 aromatic rings. The molecule has 4 N–H and O–H groups in total. The molecule has 0 amide bonds. The smallest absolute Gasteiger partial charge is 0.260 e. The Morgan fingerprint density at radius 3 is 2.78 bits per heavy atom. The summed E-state index contributed by atoms with van der Waals surface area (Å²) < 4.78 is 26.6. The number of imidazole rings is 1. The van der Waals surface area contributed by atoms with Crippen LogP contribution in [-0.2, 0) is 10.0 Å². The highest BCUT2D eigenvalue weighted by Gasteiger charge is 2.22. The number of anilines is 1. The van der Waals surface area contributed by atoms with E-state index in [0.717, 1.165) is 0 Å². The summed E-state index contributed by atoms with van der Waals surface area (Å²) in [4.78, 5) is 10.6. The van der Waals surface area contributed by atoms with Gasteiger partial charge in [0.2, 0.25) is 0 Å². The molecule has 7 nitrogen and oxygen atoms in total. The highest BCUT2D eigenvalue weighted by molar-refractivity contribution is 7.89. The van der Waals surface area contributed by atoms with Crippen LogP contribution in [0.5, 0.6) is 0 Å². The summed E-state index contributed by atoms with van der Waals surface area (Å²) in [5.74, 6) is 0.521. The van der Waals surface area contributed by atoms with E-state index >= 15 is 0 Å². The van der Waals surface area contributed by atoms with Gasteiger partial charge in [0.05, 0.1) is 11.7 Å². The normalized spacial score (nSPS) is 13.4. The zero-order chi connectivity index (χ0) is 13.2. The number of sulfonamides is 1. The van der Waals surface area contributed by atoms with Crippen molar-refractivity contribution >= 4 is 15.7 Å². The van der Waals surface area contributed by atoms with Crippen molar-refractivity contribution in [2.45, 2.75) is 18.0 Å². The number of nitrogens with one attached hydrogen (secondary N) is 2. The Hall–Kier alpha value is -1.93. The number of nitrogens with two attached hydrogens (primary N) is 1. The number of nitrogens with zero attached hydrogens (tertiary/aromatic N) is 2. The molecule has 0 radical (unpaired) electrons. The second-order valence-corrected chi connectivity index (χ2v) is 5.34. The molecule has 18 heavy (non-hydrogen) atoms. The number of rotatable bonds is 4. The van der Waals surface area contributed by atoms with Crippen LogP contribution in [0.15, 0.2) is 35.7 Å². The lowest BCUT2D eigenvalue weighted by atomic mass is 10.3. The van der Waals surface area contributed by atoms with Gasteiger partial charge in [0, 0.05) is 18.6 Å². The van der Waals surface area contributed by atoms with Gasteiger partial charge >= 0.3 is 0 Å². The number of hydrogen-bond acceptors (Lipinski definition) is 5. The lowest BCUT2D eigenvalue weighted by Crippen LogP contribution is -2.28. The van der Waals surface area contributed by atoms with Crippen LogP contribution in [0.2, 0.25) is 0 Å². The van der Waals surface area contributed by atoms with E-state index in [4.69, 9.17) is 5.73 Å². The standard InChI is InChI=1S/C10H13N5O2S/c1-7(9-12-5-6-13-9)15-18(16,17)10-8(11)3-2-4-14-10/h2-7,15H,11H2,1H3,(H,12,13). The Kier molecular flexibility index (Phi) is 3.30. The van der Waals surface area contributed by atoms with Gasteiger partial charge in [-0.15, -0.1) is 0 Å². The SMILES string of the molecule is CC(NS(=O)(=O)c1ncccc1N)c1ncc[nH]1. The van der Waals surface area contributed by atoms with Crippen LogP contribution in [-0.4, -0.2) is 23.4 Å². The molecule has 0 bridgehead atoms. The minimum atomic E-state index is -3.76. The van der Waals surface area contributed by atoms with Crippen LogP contribution in [0.3, 0.4) is 0 Å². The second kappa shape index (κ2) is 4.75. The van der Waals surface area contributed by atoms with Gasteiger partial charge in [-0.2, -0.15) is 4.72 Å². The molecule has 0 aliphatic carbocycles. The quantitative estimate of drug-likeness (QED) is 0.743. The van der Waals surface area contributed by atoms with Crippen LogP contribution in [0.4, 0.5) is 5.69 Å². The van der Waals surface area contributed by atoms with E-state index in [1.807, 2.05) is 0 Å². The van der Waals surface area contributed by atoms with E-state index in [1.165, 1.54) is 12.3 Å². The number of hydrogen-bond donors (Lipinski definition) is 3. The number of nitrogen functional groups attached to an aromatic ring is 1. The van der Waals surface area contributed by atoms with E-state index in [0.29, 0.717) is 5.82 Å². The molecule has 0 aromatic carbocycles. The van der Waals surface area contributed by atoms with Crippen molar-refractivity contribution in [2.75, 3.05) is 5.73 Å². The van der Waals surface area contributed by atoms with Crippen LogP contribution >= 0.6 is 0 Å². The van der Waals surface area contributed by atoms with Gasteiger partial charge in [0.1, 0.15) is 5.82 Å². The highest BCUT2D eigenvalue weighted by Crippen LogP contribution is 2.17. The Labute approximate surface area is 105 Å². The molecule has 1 unspecified atom stereocenters. The third-order valence-corrected chi connectivity index (χ3v) is 3.83. The summed E-state index contributed by atoms with van der Waals surface area (Å²) in [6.07, 6.45) is 4.55. The van der Waals surface area contributed by atoms with Crippen molar-refractivity contribution in [3.63, 3.8) is 0 Å². The molecule has 0 saturated heterocycles. The van der Waals surface area contributed by atoms with Crippen molar-refractivity contribution in [2.24, 2.45) is 0 Å². The molecular formula is C10H13N5O2S. The van der Waals surface area contributed by atoms with E-state index in [2.05, 4.69) is 19.7 Å². The zero-order valence-electron chi connectivity index (χ0n) is 9.66. The van der Waals surface area contributed by atoms with Crippen LogP contribution in [0, 0.1) is 0 Å². The molecular weight excluding hydrogens is 254 g/mol. The lowest BCUT2D eigenvalue weighted by molar-refractivity contribution is 0.558. The first kappa shape index (κ1) is 12.5.